The predicted molar refractivity (Wildman–Crippen MR) is 45.8 cm³/mol. The topological polar surface area (TPSA) is 64.7 Å². The Morgan fingerprint density at radius 3 is 2.43 bits per heavy atom. The van der Waals surface area contributed by atoms with Crippen molar-refractivity contribution in [3.05, 3.63) is 5.82 Å². The quantitative estimate of drug-likeness (QED) is 0.766. The van der Waals surface area contributed by atoms with Crippen LogP contribution in [0.3, 0.4) is 0 Å². The molecule has 0 bridgehead atoms. The number of alkyl halides is 3. The standard InChI is InChI=1S/C6H7F3N4S/c1-14-5-12-3(2-6(7,8)9)11-4(10)13-5/h2H2,1H3,(H2,10,11,12,13). The van der Waals surface area contributed by atoms with Gasteiger partial charge in [0.25, 0.3) is 0 Å². The molecule has 0 aliphatic carbocycles. The van der Waals surface area contributed by atoms with Gasteiger partial charge in [-0.25, -0.2) is 4.98 Å². The fourth-order valence-electron chi connectivity index (χ4n) is 0.765. The molecular formula is C6H7F3N4S. The van der Waals surface area contributed by atoms with Crippen LogP contribution in [0.1, 0.15) is 5.82 Å². The zero-order valence-corrected chi connectivity index (χ0v) is 7.98. The van der Waals surface area contributed by atoms with Gasteiger partial charge in [0.15, 0.2) is 5.16 Å². The summed E-state index contributed by atoms with van der Waals surface area (Å²) in [6.07, 6.45) is -3.87. The lowest BCUT2D eigenvalue weighted by molar-refractivity contribution is -0.128. The van der Waals surface area contributed by atoms with Crippen molar-refractivity contribution in [2.45, 2.75) is 17.8 Å². The summed E-state index contributed by atoms with van der Waals surface area (Å²) in [6.45, 7) is 0. The normalized spacial score (nSPS) is 11.7. The van der Waals surface area contributed by atoms with Crippen LogP contribution in [0, 0.1) is 0 Å². The van der Waals surface area contributed by atoms with Crippen LogP contribution in [0.25, 0.3) is 0 Å². The van der Waals surface area contributed by atoms with Crippen molar-refractivity contribution >= 4 is 17.7 Å². The minimum absolute atomic E-state index is 0.191. The van der Waals surface area contributed by atoms with Crippen molar-refractivity contribution in [3.8, 4) is 0 Å². The molecule has 0 unspecified atom stereocenters. The number of hydrogen-bond donors (Lipinski definition) is 1. The number of nitrogens with zero attached hydrogens (tertiary/aromatic N) is 3. The summed E-state index contributed by atoms with van der Waals surface area (Å²) in [6, 6.07) is 0. The van der Waals surface area contributed by atoms with E-state index < -0.39 is 12.6 Å². The Balaban J connectivity index is 2.92. The molecule has 0 atom stereocenters. The molecular weight excluding hydrogens is 217 g/mol. The predicted octanol–water partition coefficient (Wildman–Crippen LogP) is 1.28. The van der Waals surface area contributed by atoms with E-state index in [1.54, 1.807) is 6.26 Å². The van der Waals surface area contributed by atoms with Crippen molar-refractivity contribution in [2.75, 3.05) is 12.0 Å². The first-order valence-corrected chi connectivity index (χ1v) is 4.74. The second-order valence-corrected chi connectivity index (χ2v) is 3.16. The molecule has 0 saturated carbocycles. The second-order valence-electron chi connectivity index (χ2n) is 2.39. The minimum Gasteiger partial charge on any atom is -0.368 e. The summed E-state index contributed by atoms with van der Waals surface area (Å²) in [5.41, 5.74) is 5.21. The number of anilines is 1. The van der Waals surface area contributed by atoms with Crippen molar-refractivity contribution in [3.63, 3.8) is 0 Å². The summed E-state index contributed by atoms with van der Waals surface area (Å²) < 4.78 is 35.9. The maximum atomic E-state index is 12.0. The minimum atomic E-state index is -4.33. The third-order valence-corrected chi connectivity index (χ3v) is 1.77. The van der Waals surface area contributed by atoms with Gasteiger partial charge >= 0.3 is 6.18 Å². The highest BCUT2D eigenvalue weighted by atomic mass is 32.2. The van der Waals surface area contributed by atoms with Gasteiger partial charge < -0.3 is 5.73 Å². The largest absolute Gasteiger partial charge is 0.396 e. The van der Waals surface area contributed by atoms with Crippen LogP contribution in [-0.4, -0.2) is 27.4 Å². The van der Waals surface area contributed by atoms with E-state index in [1.165, 1.54) is 0 Å². The number of hydrogen-bond acceptors (Lipinski definition) is 5. The van der Waals surface area contributed by atoms with E-state index in [-0.39, 0.29) is 16.9 Å². The monoisotopic (exact) mass is 224 g/mol. The third-order valence-electron chi connectivity index (χ3n) is 1.22. The molecule has 0 aromatic carbocycles. The van der Waals surface area contributed by atoms with Gasteiger partial charge in [-0.2, -0.15) is 23.1 Å². The first kappa shape index (κ1) is 11.0. The van der Waals surface area contributed by atoms with E-state index in [0.717, 1.165) is 11.8 Å². The van der Waals surface area contributed by atoms with Crippen molar-refractivity contribution in [2.24, 2.45) is 0 Å². The Bertz CT molecular complexity index is 327. The van der Waals surface area contributed by atoms with E-state index in [2.05, 4.69) is 15.0 Å². The zero-order chi connectivity index (χ0) is 10.8. The van der Waals surface area contributed by atoms with Crippen LogP contribution in [0.4, 0.5) is 19.1 Å². The van der Waals surface area contributed by atoms with E-state index in [9.17, 15) is 13.2 Å². The summed E-state index contributed by atoms with van der Waals surface area (Å²) in [4.78, 5) is 10.6. The fourth-order valence-corrected chi connectivity index (χ4v) is 1.15. The first-order valence-electron chi connectivity index (χ1n) is 3.52. The molecule has 14 heavy (non-hydrogen) atoms. The number of halogens is 3. The van der Waals surface area contributed by atoms with E-state index in [4.69, 9.17) is 5.73 Å². The van der Waals surface area contributed by atoms with Gasteiger partial charge in [-0.05, 0) is 6.26 Å². The van der Waals surface area contributed by atoms with Gasteiger partial charge in [0.2, 0.25) is 5.95 Å². The van der Waals surface area contributed by atoms with Gasteiger partial charge in [0, 0.05) is 0 Å². The lowest BCUT2D eigenvalue weighted by Crippen LogP contribution is -2.15. The molecule has 1 aromatic heterocycles. The summed E-state index contributed by atoms with van der Waals surface area (Å²) in [7, 11) is 0. The van der Waals surface area contributed by atoms with Crippen molar-refractivity contribution in [1.29, 1.82) is 0 Å². The number of nitrogen functional groups attached to an aromatic ring is 1. The highest BCUT2D eigenvalue weighted by Crippen LogP contribution is 2.20. The van der Waals surface area contributed by atoms with Crippen LogP contribution >= 0.6 is 11.8 Å². The molecule has 1 heterocycles. The molecule has 4 nitrogen and oxygen atoms in total. The van der Waals surface area contributed by atoms with Crippen LogP contribution in [0.15, 0.2) is 5.16 Å². The van der Waals surface area contributed by atoms with Gasteiger partial charge in [0.05, 0.1) is 0 Å². The molecule has 8 heteroatoms. The molecule has 0 saturated heterocycles. The average molecular weight is 224 g/mol. The Labute approximate surface area is 82.1 Å². The lowest BCUT2D eigenvalue weighted by Gasteiger charge is -2.05. The first-order chi connectivity index (χ1) is 6.40. The Kier molecular flexibility index (Phi) is 3.14. The zero-order valence-electron chi connectivity index (χ0n) is 7.17. The van der Waals surface area contributed by atoms with Gasteiger partial charge in [-0.15, -0.1) is 0 Å². The summed E-state index contributed by atoms with van der Waals surface area (Å²) in [5.74, 6) is -0.544. The Morgan fingerprint density at radius 1 is 1.29 bits per heavy atom. The maximum absolute atomic E-state index is 12.0. The van der Waals surface area contributed by atoms with Crippen molar-refractivity contribution < 1.29 is 13.2 Å². The molecule has 0 amide bonds. The van der Waals surface area contributed by atoms with E-state index in [0.29, 0.717) is 0 Å². The molecule has 0 spiro atoms. The van der Waals surface area contributed by atoms with E-state index in [1.807, 2.05) is 0 Å². The molecule has 78 valence electrons. The van der Waals surface area contributed by atoms with Crippen LogP contribution in [0.2, 0.25) is 0 Å². The fraction of sp³-hybridized carbons (Fsp3) is 0.500. The number of nitrogens with two attached hydrogens (primary N) is 1. The average Bonchev–Trinajstić information content (AvgIpc) is 1.99. The molecule has 0 fully saturated rings. The molecule has 2 N–H and O–H groups in total. The molecule has 0 radical (unpaired) electrons. The Morgan fingerprint density at radius 2 is 1.93 bits per heavy atom. The Hall–Kier alpha value is -1.05. The molecule has 0 aliphatic rings. The number of thioether (sulfide) groups is 1. The molecule has 1 aromatic rings. The van der Waals surface area contributed by atoms with Gasteiger partial charge in [-0.1, -0.05) is 11.8 Å². The van der Waals surface area contributed by atoms with Crippen LogP contribution in [0.5, 0.6) is 0 Å². The summed E-state index contributed by atoms with van der Waals surface area (Å²) >= 11 is 1.11. The number of rotatable bonds is 2. The van der Waals surface area contributed by atoms with E-state index >= 15 is 0 Å². The van der Waals surface area contributed by atoms with Crippen molar-refractivity contribution in [1.82, 2.24) is 15.0 Å². The summed E-state index contributed by atoms with van der Waals surface area (Å²) in [5, 5.41) is 0.191. The van der Waals surface area contributed by atoms with Gasteiger partial charge in [-0.3, -0.25) is 0 Å². The molecule has 1 rings (SSSR count). The second kappa shape index (κ2) is 3.99. The molecule has 0 aliphatic heterocycles. The van der Waals surface area contributed by atoms with Crippen LogP contribution < -0.4 is 5.73 Å². The highest BCUT2D eigenvalue weighted by Gasteiger charge is 2.29. The van der Waals surface area contributed by atoms with Gasteiger partial charge in [0.1, 0.15) is 12.2 Å². The SMILES string of the molecule is CSc1nc(N)nc(CC(F)(F)F)n1. The number of aromatic nitrogens is 3. The smallest absolute Gasteiger partial charge is 0.368 e. The highest BCUT2D eigenvalue weighted by molar-refractivity contribution is 7.98. The maximum Gasteiger partial charge on any atom is 0.396 e. The van der Waals surface area contributed by atoms with Crippen LogP contribution in [-0.2, 0) is 6.42 Å². The third kappa shape index (κ3) is 3.36. The lowest BCUT2D eigenvalue weighted by atomic mass is 10.4.